The van der Waals surface area contributed by atoms with Gasteiger partial charge in [0.15, 0.2) is 0 Å². The molecule has 1 aromatic carbocycles. The van der Waals surface area contributed by atoms with Crippen LogP contribution in [0.2, 0.25) is 0 Å². The van der Waals surface area contributed by atoms with E-state index in [1.165, 1.54) is 0 Å². The SMILES string of the molecule is COc1ccc(Nc2ncnc3c2CC=C3)cc1. The molecular weight excluding hydrogens is 226 g/mol. The summed E-state index contributed by atoms with van der Waals surface area (Å²) in [5.41, 5.74) is 3.14. The summed E-state index contributed by atoms with van der Waals surface area (Å²) in [6.45, 7) is 0. The Morgan fingerprint density at radius 2 is 2.00 bits per heavy atom. The summed E-state index contributed by atoms with van der Waals surface area (Å²) in [6.07, 6.45) is 6.59. The van der Waals surface area contributed by atoms with Crippen LogP contribution in [0.1, 0.15) is 11.3 Å². The lowest BCUT2D eigenvalue weighted by atomic mass is 10.2. The fraction of sp³-hybridized carbons (Fsp3) is 0.143. The molecule has 2 aromatic rings. The van der Waals surface area contributed by atoms with Gasteiger partial charge in [0.25, 0.3) is 0 Å². The molecule has 0 saturated carbocycles. The van der Waals surface area contributed by atoms with Gasteiger partial charge in [-0.2, -0.15) is 0 Å². The molecule has 0 atom stereocenters. The Kier molecular flexibility index (Phi) is 2.68. The Hall–Kier alpha value is -2.36. The van der Waals surface area contributed by atoms with Gasteiger partial charge in [0.05, 0.1) is 12.8 Å². The number of hydrogen-bond donors (Lipinski definition) is 1. The molecule has 1 aliphatic carbocycles. The predicted molar refractivity (Wildman–Crippen MR) is 71.0 cm³/mol. The highest BCUT2D eigenvalue weighted by atomic mass is 16.5. The van der Waals surface area contributed by atoms with Crippen molar-refractivity contribution in [3.8, 4) is 5.75 Å². The number of fused-ring (bicyclic) bond motifs is 1. The van der Waals surface area contributed by atoms with Gasteiger partial charge in [-0.15, -0.1) is 0 Å². The summed E-state index contributed by atoms with van der Waals surface area (Å²) in [5.74, 6) is 1.71. The minimum atomic E-state index is 0.843. The van der Waals surface area contributed by atoms with Crippen molar-refractivity contribution in [2.24, 2.45) is 0 Å². The first-order chi connectivity index (χ1) is 8.86. The average Bonchev–Trinajstić information content (AvgIpc) is 2.89. The van der Waals surface area contributed by atoms with E-state index in [4.69, 9.17) is 4.74 Å². The number of aromatic nitrogens is 2. The lowest BCUT2D eigenvalue weighted by Gasteiger charge is -2.09. The largest absolute Gasteiger partial charge is 0.497 e. The number of rotatable bonds is 3. The van der Waals surface area contributed by atoms with E-state index in [0.717, 1.165) is 34.9 Å². The molecule has 1 aliphatic rings. The van der Waals surface area contributed by atoms with E-state index in [2.05, 4.69) is 21.4 Å². The Bertz CT molecular complexity index is 590. The van der Waals surface area contributed by atoms with Crippen LogP contribution >= 0.6 is 0 Å². The third-order valence-corrected chi connectivity index (χ3v) is 2.93. The highest BCUT2D eigenvalue weighted by molar-refractivity contribution is 5.68. The fourth-order valence-corrected chi connectivity index (χ4v) is 1.98. The molecular formula is C14H13N3O. The number of nitrogens with one attached hydrogen (secondary N) is 1. The molecule has 1 N–H and O–H groups in total. The second kappa shape index (κ2) is 4.49. The maximum Gasteiger partial charge on any atom is 0.137 e. The van der Waals surface area contributed by atoms with Crippen molar-refractivity contribution < 1.29 is 4.74 Å². The summed E-state index contributed by atoms with van der Waals surface area (Å²) in [5, 5.41) is 3.31. The average molecular weight is 239 g/mol. The molecule has 0 unspecified atom stereocenters. The zero-order chi connectivity index (χ0) is 12.4. The summed E-state index contributed by atoms with van der Waals surface area (Å²) in [4.78, 5) is 8.53. The van der Waals surface area contributed by atoms with Crippen molar-refractivity contribution in [3.63, 3.8) is 0 Å². The van der Waals surface area contributed by atoms with E-state index in [1.54, 1.807) is 13.4 Å². The van der Waals surface area contributed by atoms with E-state index in [1.807, 2.05) is 30.3 Å². The number of methoxy groups -OCH3 is 1. The number of hydrogen-bond acceptors (Lipinski definition) is 4. The molecule has 0 radical (unpaired) electrons. The highest BCUT2D eigenvalue weighted by Gasteiger charge is 2.12. The highest BCUT2D eigenvalue weighted by Crippen LogP contribution is 2.26. The molecule has 4 nitrogen and oxygen atoms in total. The number of allylic oxidation sites excluding steroid dienone is 1. The summed E-state index contributed by atoms with van der Waals surface area (Å²) in [6, 6.07) is 7.77. The van der Waals surface area contributed by atoms with Gasteiger partial charge < -0.3 is 10.1 Å². The minimum Gasteiger partial charge on any atom is -0.497 e. The second-order valence-electron chi connectivity index (χ2n) is 4.05. The van der Waals surface area contributed by atoms with Gasteiger partial charge >= 0.3 is 0 Å². The first kappa shape index (κ1) is 10.8. The normalized spacial score (nSPS) is 12.3. The molecule has 3 rings (SSSR count). The van der Waals surface area contributed by atoms with Crippen molar-refractivity contribution in [1.82, 2.24) is 9.97 Å². The first-order valence-corrected chi connectivity index (χ1v) is 5.78. The van der Waals surface area contributed by atoms with Crippen molar-refractivity contribution in [2.75, 3.05) is 12.4 Å². The molecule has 0 aliphatic heterocycles. The second-order valence-corrected chi connectivity index (χ2v) is 4.05. The molecule has 0 bridgehead atoms. The monoisotopic (exact) mass is 239 g/mol. The Labute approximate surface area is 105 Å². The number of ether oxygens (including phenoxy) is 1. The van der Waals surface area contributed by atoms with Crippen LogP contribution in [0, 0.1) is 0 Å². The van der Waals surface area contributed by atoms with Gasteiger partial charge in [0.2, 0.25) is 0 Å². The maximum absolute atomic E-state index is 5.13. The zero-order valence-electron chi connectivity index (χ0n) is 10.1. The van der Waals surface area contributed by atoms with E-state index >= 15 is 0 Å². The van der Waals surface area contributed by atoms with Gasteiger partial charge in [-0.05, 0) is 36.8 Å². The predicted octanol–water partition coefficient (Wildman–Crippen LogP) is 2.80. The lowest BCUT2D eigenvalue weighted by Crippen LogP contribution is -2.00. The number of anilines is 2. The van der Waals surface area contributed by atoms with Gasteiger partial charge in [0.1, 0.15) is 17.9 Å². The van der Waals surface area contributed by atoms with E-state index in [9.17, 15) is 0 Å². The van der Waals surface area contributed by atoms with E-state index in [0.29, 0.717) is 0 Å². The summed E-state index contributed by atoms with van der Waals surface area (Å²) < 4.78 is 5.13. The molecule has 0 spiro atoms. The summed E-state index contributed by atoms with van der Waals surface area (Å²) in [7, 11) is 1.66. The summed E-state index contributed by atoms with van der Waals surface area (Å²) >= 11 is 0. The van der Waals surface area contributed by atoms with Gasteiger partial charge in [-0.25, -0.2) is 9.97 Å². The van der Waals surface area contributed by atoms with Crippen LogP contribution in [0.25, 0.3) is 6.08 Å². The third kappa shape index (κ3) is 1.93. The fourth-order valence-electron chi connectivity index (χ4n) is 1.98. The van der Waals surface area contributed by atoms with Crippen LogP contribution in [0.4, 0.5) is 11.5 Å². The lowest BCUT2D eigenvalue weighted by molar-refractivity contribution is 0.415. The number of nitrogens with zero attached hydrogens (tertiary/aromatic N) is 2. The minimum absolute atomic E-state index is 0.843. The van der Waals surface area contributed by atoms with Crippen molar-refractivity contribution in [2.45, 2.75) is 6.42 Å². The molecule has 0 fully saturated rings. The third-order valence-electron chi connectivity index (χ3n) is 2.93. The Balaban J connectivity index is 1.86. The van der Waals surface area contributed by atoms with E-state index in [-0.39, 0.29) is 0 Å². The molecule has 4 heteroatoms. The smallest absolute Gasteiger partial charge is 0.137 e. The molecule has 1 aromatic heterocycles. The van der Waals surface area contributed by atoms with Gasteiger partial charge in [-0.1, -0.05) is 6.08 Å². The standard InChI is InChI=1S/C14H13N3O/c1-18-11-7-5-10(6-8-11)17-14-12-3-2-4-13(12)15-9-16-14/h2,4-9H,3H2,1H3,(H,15,16,17). The van der Waals surface area contributed by atoms with E-state index < -0.39 is 0 Å². The Morgan fingerprint density at radius 1 is 1.17 bits per heavy atom. The van der Waals surface area contributed by atoms with Gasteiger partial charge in [-0.3, -0.25) is 0 Å². The van der Waals surface area contributed by atoms with Gasteiger partial charge in [0, 0.05) is 11.3 Å². The van der Waals surface area contributed by atoms with Crippen LogP contribution in [0.3, 0.4) is 0 Å². The van der Waals surface area contributed by atoms with Crippen molar-refractivity contribution in [1.29, 1.82) is 0 Å². The van der Waals surface area contributed by atoms with Crippen LogP contribution in [-0.4, -0.2) is 17.1 Å². The molecule has 0 amide bonds. The topological polar surface area (TPSA) is 47.0 Å². The molecule has 90 valence electrons. The molecule has 0 saturated heterocycles. The Morgan fingerprint density at radius 3 is 2.78 bits per heavy atom. The maximum atomic E-state index is 5.13. The van der Waals surface area contributed by atoms with Crippen LogP contribution in [0.5, 0.6) is 5.75 Å². The van der Waals surface area contributed by atoms with Crippen LogP contribution in [-0.2, 0) is 6.42 Å². The number of benzene rings is 1. The zero-order valence-corrected chi connectivity index (χ0v) is 10.1. The first-order valence-electron chi connectivity index (χ1n) is 5.78. The van der Waals surface area contributed by atoms with Crippen molar-refractivity contribution in [3.05, 3.63) is 47.9 Å². The molecule has 18 heavy (non-hydrogen) atoms. The van der Waals surface area contributed by atoms with Crippen molar-refractivity contribution >= 4 is 17.6 Å². The molecule has 1 heterocycles. The van der Waals surface area contributed by atoms with Crippen LogP contribution in [0.15, 0.2) is 36.7 Å². The quantitative estimate of drug-likeness (QED) is 0.894. The van der Waals surface area contributed by atoms with Crippen LogP contribution < -0.4 is 10.1 Å².